The van der Waals surface area contributed by atoms with Crippen LogP contribution in [0.2, 0.25) is 5.22 Å². The molecule has 2 rings (SSSR count). The van der Waals surface area contributed by atoms with E-state index in [9.17, 15) is 13.2 Å². The van der Waals surface area contributed by atoms with E-state index < -0.39 is 6.36 Å². The Morgan fingerprint density at radius 1 is 1.19 bits per heavy atom. The van der Waals surface area contributed by atoms with E-state index in [1.54, 1.807) is 31.3 Å². The first kappa shape index (κ1) is 15.7. The predicted molar refractivity (Wildman–Crippen MR) is 72.3 cm³/mol. The molecule has 1 heterocycles. The highest BCUT2D eigenvalue weighted by Crippen LogP contribution is 2.26. The molecule has 0 bridgehead atoms. The van der Waals surface area contributed by atoms with Crippen LogP contribution in [-0.4, -0.2) is 13.4 Å². The fourth-order valence-electron chi connectivity index (χ4n) is 1.92. The van der Waals surface area contributed by atoms with Crippen molar-refractivity contribution < 1.29 is 22.3 Å². The molecule has 0 radical (unpaired) electrons. The van der Waals surface area contributed by atoms with Gasteiger partial charge < -0.3 is 14.5 Å². The normalized spacial score (nSPS) is 13.2. The third-order valence-electron chi connectivity index (χ3n) is 2.88. The quantitative estimate of drug-likeness (QED) is 0.890. The summed E-state index contributed by atoms with van der Waals surface area (Å²) in [6, 6.07) is 9.00. The molecule has 1 aromatic heterocycles. The van der Waals surface area contributed by atoms with Gasteiger partial charge in [-0.3, -0.25) is 0 Å². The van der Waals surface area contributed by atoms with Crippen molar-refractivity contribution >= 4 is 11.6 Å². The van der Waals surface area contributed by atoms with E-state index >= 15 is 0 Å². The molecule has 114 valence electrons. The van der Waals surface area contributed by atoms with Gasteiger partial charge in [0.15, 0.2) is 5.22 Å². The van der Waals surface area contributed by atoms with Gasteiger partial charge in [-0.25, -0.2) is 0 Å². The fraction of sp³-hybridized carbons (Fsp3) is 0.286. The van der Waals surface area contributed by atoms with E-state index in [1.807, 2.05) is 0 Å². The molecule has 0 saturated carbocycles. The summed E-state index contributed by atoms with van der Waals surface area (Å²) in [5.41, 5.74) is 0.844. The fourth-order valence-corrected chi connectivity index (χ4v) is 2.08. The van der Waals surface area contributed by atoms with Crippen LogP contribution < -0.4 is 10.1 Å². The third kappa shape index (κ3) is 4.68. The van der Waals surface area contributed by atoms with Crippen molar-refractivity contribution in [2.24, 2.45) is 0 Å². The van der Waals surface area contributed by atoms with Gasteiger partial charge in [-0.1, -0.05) is 12.1 Å². The Balaban J connectivity index is 2.05. The first-order chi connectivity index (χ1) is 9.87. The maximum atomic E-state index is 12.1. The van der Waals surface area contributed by atoms with E-state index in [4.69, 9.17) is 16.0 Å². The number of furan rings is 1. The third-order valence-corrected chi connectivity index (χ3v) is 3.09. The van der Waals surface area contributed by atoms with Crippen LogP contribution in [0.1, 0.15) is 17.4 Å². The van der Waals surface area contributed by atoms with Crippen molar-refractivity contribution in [3.05, 3.63) is 52.9 Å². The molecule has 0 spiro atoms. The SMILES string of the molecule is CNC(Cc1ccc(OC(F)(F)F)cc1)c1ccc(Cl)o1. The van der Waals surface area contributed by atoms with Crippen LogP contribution in [-0.2, 0) is 6.42 Å². The summed E-state index contributed by atoms with van der Waals surface area (Å²) in [7, 11) is 1.77. The molecule has 0 fully saturated rings. The summed E-state index contributed by atoms with van der Waals surface area (Å²) in [4.78, 5) is 0. The van der Waals surface area contributed by atoms with Crippen molar-refractivity contribution in [2.45, 2.75) is 18.8 Å². The van der Waals surface area contributed by atoms with Gasteiger partial charge >= 0.3 is 6.36 Å². The minimum absolute atomic E-state index is 0.119. The van der Waals surface area contributed by atoms with Crippen molar-refractivity contribution in [3.63, 3.8) is 0 Å². The van der Waals surface area contributed by atoms with E-state index in [2.05, 4.69) is 10.1 Å². The van der Waals surface area contributed by atoms with Gasteiger partial charge in [0.1, 0.15) is 11.5 Å². The van der Waals surface area contributed by atoms with Crippen LogP contribution in [0.25, 0.3) is 0 Å². The second-order valence-corrected chi connectivity index (χ2v) is 4.75. The Labute approximate surface area is 124 Å². The Morgan fingerprint density at radius 2 is 1.86 bits per heavy atom. The van der Waals surface area contributed by atoms with Crippen LogP contribution in [0.4, 0.5) is 13.2 Å². The molecule has 1 atom stereocenters. The molecule has 1 aromatic carbocycles. The zero-order valence-electron chi connectivity index (χ0n) is 11.1. The molecule has 1 unspecified atom stereocenters. The van der Waals surface area contributed by atoms with E-state index in [0.29, 0.717) is 17.4 Å². The monoisotopic (exact) mass is 319 g/mol. The molecule has 2 aromatic rings. The number of rotatable bonds is 5. The smallest absolute Gasteiger partial charge is 0.448 e. The molecule has 21 heavy (non-hydrogen) atoms. The molecule has 0 aliphatic heterocycles. The van der Waals surface area contributed by atoms with Crippen LogP contribution in [0, 0.1) is 0 Å². The second kappa shape index (κ2) is 6.41. The zero-order valence-corrected chi connectivity index (χ0v) is 11.8. The van der Waals surface area contributed by atoms with E-state index in [1.165, 1.54) is 12.1 Å². The van der Waals surface area contributed by atoms with Crippen LogP contribution in [0.3, 0.4) is 0 Å². The first-order valence-electron chi connectivity index (χ1n) is 6.14. The summed E-state index contributed by atoms with van der Waals surface area (Å²) < 4.78 is 45.4. The summed E-state index contributed by atoms with van der Waals surface area (Å²) >= 11 is 5.73. The molecule has 7 heteroatoms. The van der Waals surface area contributed by atoms with Gasteiger partial charge in [-0.2, -0.15) is 0 Å². The van der Waals surface area contributed by atoms with Crippen molar-refractivity contribution in [3.8, 4) is 5.75 Å². The van der Waals surface area contributed by atoms with Crippen LogP contribution >= 0.6 is 11.6 Å². The lowest BCUT2D eigenvalue weighted by atomic mass is 10.0. The summed E-state index contributed by atoms with van der Waals surface area (Å²) in [6.07, 6.45) is -4.13. The minimum atomic E-state index is -4.68. The molecule has 1 N–H and O–H groups in total. The number of hydrogen-bond acceptors (Lipinski definition) is 3. The molecular formula is C14H13ClF3NO2. The van der Waals surface area contributed by atoms with Crippen molar-refractivity contribution in [1.82, 2.24) is 5.32 Å². The lowest BCUT2D eigenvalue weighted by molar-refractivity contribution is -0.274. The number of benzene rings is 1. The van der Waals surface area contributed by atoms with Gasteiger partial charge in [-0.05, 0) is 54.9 Å². The Morgan fingerprint density at radius 3 is 2.33 bits per heavy atom. The number of alkyl halides is 3. The Kier molecular flexibility index (Phi) is 4.80. The Bertz CT molecular complexity index is 581. The number of ether oxygens (including phenoxy) is 1. The maximum Gasteiger partial charge on any atom is 0.573 e. The molecular weight excluding hydrogens is 307 g/mol. The number of halogens is 4. The summed E-state index contributed by atoms with van der Waals surface area (Å²) in [5.74, 6) is 0.423. The summed E-state index contributed by atoms with van der Waals surface area (Å²) in [5, 5.41) is 3.36. The van der Waals surface area contributed by atoms with Crippen molar-refractivity contribution in [2.75, 3.05) is 7.05 Å². The molecule has 3 nitrogen and oxygen atoms in total. The van der Waals surface area contributed by atoms with Crippen LogP contribution in [0.5, 0.6) is 5.75 Å². The minimum Gasteiger partial charge on any atom is -0.448 e. The summed E-state index contributed by atoms with van der Waals surface area (Å²) in [6.45, 7) is 0. The van der Waals surface area contributed by atoms with Gasteiger partial charge in [0.25, 0.3) is 0 Å². The number of likely N-dealkylation sites (N-methyl/N-ethyl adjacent to an activating group) is 1. The van der Waals surface area contributed by atoms with Gasteiger partial charge in [0.05, 0.1) is 6.04 Å². The molecule has 0 aliphatic rings. The largest absolute Gasteiger partial charge is 0.573 e. The maximum absolute atomic E-state index is 12.1. The van der Waals surface area contributed by atoms with Gasteiger partial charge in [-0.15, -0.1) is 13.2 Å². The second-order valence-electron chi connectivity index (χ2n) is 4.38. The highest BCUT2D eigenvalue weighted by molar-refractivity contribution is 6.28. The molecule has 0 amide bonds. The molecule has 0 saturated heterocycles. The van der Waals surface area contributed by atoms with Crippen LogP contribution in [0.15, 0.2) is 40.8 Å². The predicted octanol–water partition coefficient (Wildman–Crippen LogP) is 4.33. The molecule has 0 aliphatic carbocycles. The van der Waals surface area contributed by atoms with Gasteiger partial charge in [0.2, 0.25) is 0 Å². The lowest BCUT2D eigenvalue weighted by Gasteiger charge is -2.14. The van der Waals surface area contributed by atoms with E-state index in [-0.39, 0.29) is 11.8 Å². The van der Waals surface area contributed by atoms with E-state index in [0.717, 1.165) is 5.56 Å². The average Bonchev–Trinajstić information content (AvgIpc) is 2.82. The number of hydrogen-bond donors (Lipinski definition) is 1. The number of nitrogens with one attached hydrogen (secondary N) is 1. The zero-order chi connectivity index (χ0) is 15.5. The highest BCUT2D eigenvalue weighted by Gasteiger charge is 2.31. The Hall–Kier alpha value is -1.66. The first-order valence-corrected chi connectivity index (χ1v) is 6.52. The standard InChI is InChI=1S/C14H13ClF3NO2/c1-19-11(12-6-7-13(15)20-12)8-9-2-4-10(5-3-9)21-14(16,17)18/h2-7,11,19H,8H2,1H3. The lowest BCUT2D eigenvalue weighted by Crippen LogP contribution is -2.18. The average molecular weight is 320 g/mol. The topological polar surface area (TPSA) is 34.4 Å². The van der Waals surface area contributed by atoms with Crippen molar-refractivity contribution in [1.29, 1.82) is 0 Å². The van der Waals surface area contributed by atoms with Gasteiger partial charge in [0, 0.05) is 0 Å². The highest BCUT2D eigenvalue weighted by atomic mass is 35.5.